The zero-order valence-electron chi connectivity index (χ0n) is 9.71. The fourth-order valence-corrected chi connectivity index (χ4v) is 2.85. The van der Waals surface area contributed by atoms with E-state index in [0.29, 0.717) is 0 Å². The molecule has 0 unspecified atom stereocenters. The van der Waals surface area contributed by atoms with Gasteiger partial charge in [0.15, 0.2) is 0 Å². The van der Waals surface area contributed by atoms with Crippen LogP contribution >= 0.6 is 12.4 Å². The van der Waals surface area contributed by atoms with E-state index < -0.39 is 0 Å². The molecule has 0 radical (unpaired) electrons. The molecule has 1 aliphatic carbocycles. The summed E-state index contributed by atoms with van der Waals surface area (Å²) in [6.45, 7) is 5.04. The molecule has 2 fully saturated rings. The van der Waals surface area contributed by atoms with Crippen molar-refractivity contribution in [3.8, 4) is 0 Å². The van der Waals surface area contributed by atoms with Gasteiger partial charge in [-0.15, -0.1) is 12.4 Å². The highest BCUT2D eigenvalue weighted by molar-refractivity contribution is 5.85. The lowest BCUT2D eigenvalue weighted by Gasteiger charge is -2.29. The molecule has 2 rings (SSSR count). The first-order valence-corrected chi connectivity index (χ1v) is 6.41. The molecular formula is C12H25ClN2. The first-order chi connectivity index (χ1) is 6.97. The highest BCUT2D eigenvalue weighted by atomic mass is 35.5. The molecule has 0 atom stereocenters. The molecule has 1 N–H and O–H groups in total. The Morgan fingerprint density at radius 2 is 1.53 bits per heavy atom. The van der Waals surface area contributed by atoms with Crippen molar-refractivity contribution in [2.24, 2.45) is 0 Å². The third-order valence-electron chi connectivity index (χ3n) is 3.72. The molecule has 0 spiro atoms. The van der Waals surface area contributed by atoms with Crippen molar-refractivity contribution in [1.82, 2.24) is 10.2 Å². The molecule has 1 saturated heterocycles. The number of nitrogens with zero attached hydrogens (tertiary/aromatic N) is 1. The van der Waals surface area contributed by atoms with Gasteiger partial charge in [-0.1, -0.05) is 25.7 Å². The van der Waals surface area contributed by atoms with Gasteiger partial charge in [0.2, 0.25) is 0 Å². The van der Waals surface area contributed by atoms with Gasteiger partial charge < -0.3 is 5.32 Å². The van der Waals surface area contributed by atoms with Gasteiger partial charge in [0, 0.05) is 19.1 Å². The zero-order valence-corrected chi connectivity index (χ0v) is 10.5. The molecule has 0 aromatic heterocycles. The van der Waals surface area contributed by atoms with E-state index in [1.807, 2.05) is 0 Å². The van der Waals surface area contributed by atoms with Gasteiger partial charge in [-0.05, 0) is 32.4 Å². The van der Waals surface area contributed by atoms with Crippen molar-refractivity contribution in [3.63, 3.8) is 0 Å². The number of hydrogen-bond donors (Lipinski definition) is 1. The maximum Gasteiger partial charge on any atom is 0.0110 e. The summed E-state index contributed by atoms with van der Waals surface area (Å²) < 4.78 is 0. The Balaban J connectivity index is 0.00000112. The summed E-state index contributed by atoms with van der Waals surface area (Å²) in [6.07, 6.45) is 10.1. The summed E-state index contributed by atoms with van der Waals surface area (Å²) >= 11 is 0. The van der Waals surface area contributed by atoms with Gasteiger partial charge in [-0.3, -0.25) is 4.90 Å². The SMILES string of the molecule is C1CCCC(N2CCCNCC2)CC1.Cl. The van der Waals surface area contributed by atoms with Crippen molar-refractivity contribution in [1.29, 1.82) is 0 Å². The van der Waals surface area contributed by atoms with Gasteiger partial charge in [0.05, 0.1) is 0 Å². The Kier molecular flexibility index (Phi) is 6.62. The van der Waals surface area contributed by atoms with Crippen LogP contribution in [0.15, 0.2) is 0 Å². The first-order valence-electron chi connectivity index (χ1n) is 6.41. The largest absolute Gasteiger partial charge is 0.315 e. The number of halogens is 1. The van der Waals surface area contributed by atoms with Crippen molar-refractivity contribution < 1.29 is 0 Å². The summed E-state index contributed by atoms with van der Waals surface area (Å²) in [4.78, 5) is 2.74. The topological polar surface area (TPSA) is 15.3 Å². The molecule has 15 heavy (non-hydrogen) atoms. The lowest BCUT2D eigenvalue weighted by atomic mass is 10.1. The summed E-state index contributed by atoms with van der Waals surface area (Å²) in [5.74, 6) is 0. The quantitative estimate of drug-likeness (QED) is 0.699. The molecule has 3 heteroatoms. The minimum Gasteiger partial charge on any atom is -0.315 e. The second-order valence-corrected chi connectivity index (χ2v) is 4.78. The molecule has 2 nitrogen and oxygen atoms in total. The molecule has 90 valence electrons. The lowest BCUT2D eigenvalue weighted by molar-refractivity contribution is 0.190. The predicted octanol–water partition coefficient (Wildman–Crippen LogP) is 2.43. The molecule has 0 amide bonds. The van der Waals surface area contributed by atoms with Crippen LogP contribution in [0.2, 0.25) is 0 Å². The van der Waals surface area contributed by atoms with E-state index in [-0.39, 0.29) is 12.4 Å². The fraction of sp³-hybridized carbons (Fsp3) is 1.00. The molecule has 2 aliphatic rings. The van der Waals surface area contributed by atoms with Crippen molar-refractivity contribution in [2.75, 3.05) is 26.2 Å². The van der Waals surface area contributed by atoms with E-state index in [4.69, 9.17) is 0 Å². The molecule has 1 heterocycles. The third-order valence-corrected chi connectivity index (χ3v) is 3.72. The molecule has 1 aliphatic heterocycles. The predicted molar refractivity (Wildman–Crippen MR) is 67.8 cm³/mol. The minimum atomic E-state index is 0. The molecule has 0 aromatic rings. The Morgan fingerprint density at radius 3 is 2.27 bits per heavy atom. The van der Waals surface area contributed by atoms with Crippen LogP contribution in [0, 0.1) is 0 Å². The van der Waals surface area contributed by atoms with Crippen LogP contribution in [-0.2, 0) is 0 Å². The Hall–Kier alpha value is 0.210. The molecular weight excluding hydrogens is 208 g/mol. The Bertz CT molecular complexity index is 130. The van der Waals surface area contributed by atoms with E-state index in [0.717, 1.165) is 6.04 Å². The maximum absolute atomic E-state index is 3.49. The monoisotopic (exact) mass is 232 g/mol. The van der Waals surface area contributed by atoms with Crippen LogP contribution in [0.4, 0.5) is 0 Å². The Labute approximate surface area is 100 Å². The van der Waals surface area contributed by atoms with Crippen LogP contribution in [0.5, 0.6) is 0 Å². The van der Waals surface area contributed by atoms with Crippen molar-refractivity contribution in [2.45, 2.75) is 51.0 Å². The maximum atomic E-state index is 3.49. The van der Waals surface area contributed by atoms with Crippen LogP contribution in [0.3, 0.4) is 0 Å². The third kappa shape index (κ3) is 4.29. The second-order valence-electron chi connectivity index (χ2n) is 4.78. The van der Waals surface area contributed by atoms with E-state index in [9.17, 15) is 0 Å². The molecule has 1 saturated carbocycles. The van der Waals surface area contributed by atoms with E-state index in [1.165, 1.54) is 71.1 Å². The van der Waals surface area contributed by atoms with Crippen molar-refractivity contribution in [3.05, 3.63) is 0 Å². The van der Waals surface area contributed by atoms with Gasteiger partial charge in [-0.2, -0.15) is 0 Å². The van der Waals surface area contributed by atoms with Gasteiger partial charge in [-0.25, -0.2) is 0 Å². The summed E-state index contributed by atoms with van der Waals surface area (Å²) in [6, 6.07) is 0.914. The van der Waals surface area contributed by atoms with E-state index in [1.54, 1.807) is 0 Å². The second kappa shape index (κ2) is 7.48. The minimum absolute atomic E-state index is 0. The Morgan fingerprint density at radius 1 is 0.800 bits per heavy atom. The zero-order chi connectivity index (χ0) is 9.64. The summed E-state index contributed by atoms with van der Waals surface area (Å²) in [5.41, 5.74) is 0. The average Bonchev–Trinajstić information content (AvgIpc) is 2.62. The van der Waals surface area contributed by atoms with Crippen LogP contribution in [0.25, 0.3) is 0 Å². The summed E-state index contributed by atoms with van der Waals surface area (Å²) in [5, 5.41) is 3.49. The van der Waals surface area contributed by atoms with Gasteiger partial charge >= 0.3 is 0 Å². The first kappa shape index (κ1) is 13.3. The van der Waals surface area contributed by atoms with Crippen LogP contribution in [0.1, 0.15) is 44.9 Å². The highest BCUT2D eigenvalue weighted by Gasteiger charge is 2.20. The molecule has 0 aromatic carbocycles. The average molecular weight is 233 g/mol. The van der Waals surface area contributed by atoms with Crippen LogP contribution in [-0.4, -0.2) is 37.1 Å². The number of nitrogens with one attached hydrogen (secondary N) is 1. The van der Waals surface area contributed by atoms with E-state index in [2.05, 4.69) is 10.2 Å². The summed E-state index contributed by atoms with van der Waals surface area (Å²) in [7, 11) is 0. The van der Waals surface area contributed by atoms with Crippen molar-refractivity contribution >= 4 is 12.4 Å². The lowest BCUT2D eigenvalue weighted by Crippen LogP contribution is -2.37. The smallest absolute Gasteiger partial charge is 0.0110 e. The number of hydrogen-bond acceptors (Lipinski definition) is 2. The number of rotatable bonds is 1. The fourth-order valence-electron chi connectivity index (χ4n) is 2.85. The normalized spacial score (nSPS) is 26.4. The standard InChI is InChI=1S/C12H24N2.ClH/c1-2-4-7-12(6-3-1)14-10-5-8-13-9-11-14;/h12-13H,1-11H2;1H. The highest BCUT2D eigenvalue weighted by Crippen LogP contribution is 2.22. The van der Waals surface area contributed by atoms with Gasteiger partial charge in [0.25, 0.3) is 0 Å². The van der Waals surface area contributed by atoms with E-state index >= 15 is 0 Å². The van der Waals surface area contributed by atoms with Crippen LogP contribution < -0.4 is 5.32 Å². The van der Waals surface area contributed by atoms with Gasteiger partial charge in [0.1, 0.15) is 0 Å². The molecule has 0 bridgehead atoms.